The Morgan fingerprint density at radius 2 is 2.31 bits per heavy atom. The Morgan fingerprint density at radius 3 is 2.69 bits per heavy atom. The normalized spacial score (nSPS) is 11.8. The Bertz CT molecular complexity index is 301. The summed E-state index contributed by atoms with van der Waals surface area (Å²) in [6.07, 6.45) is 0. The lowest BCUT2D eigenvalue weighted by molar-refractivity contribution is -0.0524. The number of aliphatic hydroxyl groups is 1. The maximum atomic E-state index is 12.9. The van der Waals surface area contributed by atoms with Crippen molar-refractivity contribution in [3.8, 4) is 5.06 Å². The van der Waals surface area contributed by atoms with Crippen LogP contribution < -0.4 is 4.74 Å². The molecule has 0 radical (unpaired) electrons. The average molecular weight is 273 g/mol. The molecule has 0 atom stereocenters. The van der Waals surface area contributed by atoms with Gasteiger partial charge in [0, 0.05) is 0 Å². The fourth-order valence-electron chi connectivity index (χ4n) is 0.749. The van der Waals surface area contributed by atoms with Gasteiger partial charge in [-0.15, -0.1) is 0 Å². The van der Waals surface area contributed by atoms with Crippen LogP contribution in [0.25, 0.3) is 0 Å². The van der Waals surface area contributed by atoms with Crippen molar-refractivity contribution in [1.82, 2.24) is 0 Å². The summed E-state index contributed by atoms with van der Waals surface area (Å²) in [5.74, 6) is -3.19. The summed E-state index contributed by atoms with van der Waals surface area (Å²) in [7, 11) is 1.40. The van der Waals surface area contributed by atoms with Crippen LogP contribution in [0.15, 0.2) is 10.5 Å². The molecule has 1 aromatic rings. The predicted octanol–water partition coefficient (Wildman–Crippen LogP) is 2.60. The maximum Gasteiger partial charge on any atom is 0.304 e. The van der Waals surface area contributed by atoms with Gasteiger partial charge in [-0.3, -0.25) is 0 Å². The number of hydrogen-bond acceptors (Lipinski definition) is 3. The molecule has 2 nitrogen and oxygen atoms in total. The van der Waals surface area contributed by atoms with Gasteiger partial charge < -0.3 is 9.84 Å². The van der Waals surface area contributed by atoms with Crippen molar-refractivity contribution in [3.05, 3.63) is 15.4 Å². The van der Waals surface area contributed by atoms with Crippen molar-refractivity contribution >= 4 is 27.3 Å². The predicted molar refractivity (Wildman–Crippen MR) is 49.6 cm³/mol. The third-order valence-electron chi connectivity index (χ3n) is 1.40. The lowest BCUT2D eigenvalue weighted by Gasteiger charge is -2.09. The minimum atomic E-state index is -3.19. The molecular formula is C7H7BrF2O2S. The molecule has 1 aromatic heterocycles. The molecule has 1 heterocycles. The van der Waals surface area contributed by atoms with Crippen LogP contribution in [-0.4, -0.2) is 18.8 Å². The Labute approximate surface area is 86.3 Å². The minimum Gasteiger partial charge on any atom is -0.486 e. The summed E-state index contributed by atoms with van der Waals surface area (Å²) in [5, 5.41) is 8.80. The Morgan fingerprint density at radius 1 is 1.69 bits per heavy atom. The molecule has 0 spiro atoms. The van der Waals surface area contributed by atoms with Crippen LogP contribution in [0.5, 0.6) is 5.06 Å². The number of ether oxygens (including phenoxy) is 1. The standard InChI is InChI=1S/C7H7BrF2O2S/c1-12-6-4(8)2-5(13-6)7(9,10)3-11/h2,11H,3H2,1H3. The zero-order valence-corrected chi connectivity index (χ0v) is 9.08. The van der Waals surface area contributed by atoms with E-state index in [1.165, 1.54) is 13.2 Å². The summed E-state index contributed by atoms with van der Waals surface area (Å²) in [6.45, 7) is -1.19. The van der Waals surface area contributed by atoms with Gasteiger partial charge in [0.15, 0.2) is 5.06 Å². The van der Waals surface area contributed by atoms with E-state index in [2.05, 4.69) is 15.9 Å². The van der Waals surface area contributed by atoms with E-state index in [1.54, 1.807) is 0 Å². The van der Waals surface area contributed by atoms with Crippen LogP contribution in [0, 0.1) is 0 Å². The van der Waals surface area contributed by atoms with Crippen molar-refractivity contribution in [2.45, 2.75) is 5.92 Å². The zero-order valence-electron chi connectivity index (χ0n) is 6.68. The van der Waals surface area contributed by atoms with Crippen molar-refractivity contribution in [1.29, 1.82) is 0 Å². The summed E-state index contributed by atoms with van der Waals surface area (Å²) in [6, 6.07) is 1.25. The van der Waals surface area contributed by atoms with Crippen LogP contribution in [0.2, 0.25) is 0 Å². The second kappa shape index (κ2) is 3.89. The Kier molecular flexibility index (Phi) is 3.26. The Balaban J connectivity index is 3.03. The fourth-order valence-corrected chi connectivity index (χ4v) is 2.36. The first-order chi connectivity index (χ1) is 6.01. The van der Waals surface area contributed by atoms with Gasteiger partial charge in [0.1, 0.15) is 6.61 Å². The second-order valence-electron chi connectivity index (χ2n) is 2.31. The monoisotopic (exact) mass is 272 g/mol. The third kappa shape index (κ3) is 2.18. The molecule has 13 heavy (non-hydrogen) atoms. The molecule has 1 N–H and O–H groups in total. The van der Waals surface area contributed by atoms with Gasteiger partial charge in [-0.25, -0.2) is 0 Å². The SMILES string of the molecule is COc1sc(C(F)(F)CO)cc1Br. The largest absolute Gasteiger partial charge is 0.486 e. The molecule has 0 unspecified atom stereocenters. The first-order valence-electron chi connectivity index (χ1n) is 3.33. The summed E-state index contributed by atoms with van der Waals surface area (Å²) in [4.78, 5) is -0.210. The van der Waals surface area contributed by atoms with E-state index in [1.807, 2.05) is 0 Å². The number of alkyl halides is 2. The Hall–Kier alpha value is -0.200. The zero-order chi connectivity index (χ0) is 10.1. The van der Waals surface area contributed by atoms with Crippen molar-refractivity contribution in [2.24, 2.45) is 0 Å². The molecule has 74 valence electrons. The number of methoxy groups -OCH3 is 1. The number of hydrogen-bond donors (Lipinski definition) is 1. The molecule has 0 aliphatic rings. The maximum absolute atomic E-state index is 12.9. The molecule has 0 fully saturated rings. The average Bonchev–Trinajstić information content (AvgIpc) is 2.47. The van der Waals surface area contributed by atoms with Crippen molar-refractivity contribution in [3.63, 3.8) is 0 Å². The number of aliphatic hydroxyl groups excluding tert-OH is 1. The third-order valence-corrected chi connectivity index (χ3v) is 3.46. The quantitative estimate of drug-likeness (QED) is 0.917. The van der Waals surface area contributed by atoms with Gasteiger partial charge in [-0.2, -0.15) is 8.78 Å². The lowest BCUT2D eigenvalue weighted by atomic mass is 10.3. The van der Waals surface area contributed by atoms with Gasteiger partial charge in [-0.05, 0) is 22.0 Å². The van der Waals surface area contributed by atoms with E-state index in [4.69, 9.17) is 9.84 Å². The molecule has 0 aliphatic carbocycles. The van der Waals surface area contributed by atoms with Gasteiger partial charge in [0.05, 0.1) is 16.5 Å². The van der Waals surface area contributed by atoms with Gasteiger partial charge in [0.25, 0.3) is 0 Å². The first kappa shape index (κ1) is 10.9. The van der Waals surface area contributed by atoms with Crippen LogP contribution in [0.1, 0.15) is 4.88 Å². The topological polar surface area (TPSA) is 29.5 Å². The molecule has 0 amide bonds. The molecular weight excluding hydrogens is 266 g/mol. The van der Waals surface area contributed by atoms with E-state index < -0.39 is 12.5 Å². The minimum absolute atomic E-state index is 0.210. The van der Waals surface area contributed by atoms with E-state index in [0.29, 0.717) is 9.54 Å². The molecule has 1 rings (SSSR count). The second-order valence-corrected chi connectivity index (χ2v) is 4.18. The van der Waals surface area contributed by atoms with Crippen LogP contribution in [0.3, 0.4) is 0 Å². The van der Waals surface area contributed by atoms with E-state index in [9.17, 15) is 8.78 Å². The summed E-state index contributed by atoms with van der Waals surface area (Å²) in [5.41, 5.74) is 0. The lowest BCUT2D eigenvalue weighted by Crippen LogP contribution is -2.16. The number of rotatable bonds is 3. The summed E-state index contributed by atoms with van der Waals surface area (Å²) >= 11 is 3.88. The molecule has 0 aliphatic heterocycles. The highest BCUT2D eigenvalue weighted by molar-refractivity contribution is 9.10. The smallest absolute Gasteiger partial charge is 0.304 e. The van der Waals surface area contributed by atoms with Crippen molar-refractivity contribution < 1.29 is 18.6 Å². The van der Waals surface area contributed by atoms with Crippen molar-refractivity contribution in [2.75, 3.05) is 13.7 Å². The highest BCUT2D eigenvalue weighted by Gasteiger charge is 2.33. The fraction of sp³-hybridized carbons (Fsp3) is 0.429. The van der Waals surface area contributed by atoms with Crippen LogP contribution in [0.4, 0.5) is 8.78 Å². The van der Waals surface area contributed by atoms with Crippen LogP contribution >= 0.6 is 27.3 Å². The molecule has 6 heteroatoms. The van der Waals surface area contributed by atoms with Crippen LogP contribution in [-0.2, 0) is 5.92 Å². The van der Waals surface area contributed by atoms with E-state index >= 15 is 0 Å². The van der Waals surface area contributed by atoms with E-state index in [-0.39, 0.29) is 4.88 Å². The van der Waals surface area contributed by atoms with E-state index in [0.717, 1.165) is 11.3 Å². The molecule has 0 bridgehead atoms. The highest BCUT2D eigenvalue weighted by Crippen LogP contribution is 2.41. The highest BCUT2D eigenvalue weighted by atomic mass is 79.9. The van der Waals surface area contributed by atoms with Gasteiger partial charge >= 0.3 is 5.92 Å². The summed E-state index contributed by atoms with van der Waals surface area (Å²) < 4.78 is 31.1. The number of halogens is 3. The van der Waals surface area contributed by atoms with Gasteiger partial charge in [-0.1, -0.05) is 11.3 Å². The first-order valence-corrected chi connectivity index (χ1v) is 4.94. The number of thiophene rings is 1. The molecule has 0 aromatic carbocycles. The molecule has 0 saturated heterocycles. The molecule has 0 saturated carbocycles. The van der Waals surface area contributed by atoms with Gasteiger partial charge in [0.2, 0.25) is 0 Å².